The minimum atomic E-state index is -0.356. The lowest BCUT2D eigenvalue weighted by Crippen LogP contribution is -2.20. The van der Waals surface area contributed by atoms with Crippen molar-refractivity contribution < 1.29 is 18.9 Å². The molecule has 0 aliphatic carbocycles. The maximum absolute atomic E-state index is 13.5. The van der Waals surface area contributed by atoms with Gasteiger partial charge in [0.1, 0.15) is 11.3 Å². The van der Waals surface area contributed by atoms with Crippen LogP contribution in [0.2, 0.25) is 0 Å². The number of aromatic nitrogens is 5. The molecule has 3 heterocycles. The summed E-state index contributed by atoms with van der Waals surface area (Å²) in [6, 6.07) is 12.8. The number of pyridine rings is 1. The molecule has 0 aliphatic heterocycles. The Morgan fingerprint density at radius 2 is 1.51 bits per heavy atom. The minimum absolute atomic E-state index is 0.178. The second-order valence-electron chi connectivity index (χ2n) is 7.73. The van der Waals surface area contributed by atoms with E-state index >= 15 is 0 Å². The Morgan fingerprint density at radius 3 is 2.11 bits per heavy atom. The van der Waals surface area contributed by atoms with E-state index in [0.29, 0.717) is 34.1 Å². The van der Waals surface area contributed by atoms with Gasteiger partial charge in [0.05, 0.1) is 45.4 Å². The Bertz CT molecular complexity index is 1600. The SMILES string of the molecule is COc1ccc(-c2c(C)nn3c2nnc2c(=O)n(-c4cc(OC)c(OC)c(OC)c4)ccc23)cc1. The van der Waals surface area contributed by atoms with Gasteiger partial charge in [0, 0.05) is 18.3 Å². The van der Waals surface area contributed by atoms with Crippen LogP contribution >= 0.6 is 0 Å². The van der Waals surface area contributed by atoms with Gasteiger partial charge in [0.25, 0.3) is 5.56 Å². The van der Waals surface area contributed by atoms with Gasteiger partial charge in [0.15, 0.2) is 22.7 Å². The molecule has 0 aliphatic rings. The first kappa shape index (κ1) is 22.2. The first-order valence-electron chi connectivity index (χ1n) is 10.7. The lowest BCUT2D eigenvalue weighted by Gasteiger charge is -2.15. The third kappa shape index (κ3) is 3.50. The molecule has 178 valence electrons. The molecule has 0 saturated heterocycles. The van der Waals surface area contributed by atoms with Gasteiger partial charge < -0.3 is 18.9 Å². The number of rotatable bonds is 6. The van der Waals surface area contributed by atoms with Gasteiger partial charge in [-0.05, 0) is 30.7 Å². The molecule has 3 aromatic heterocycles. The predicted octanol–water partition coefficient (Wildman–Crippen LogP) is 3.44. The molecule has 5 aromatic rings. The molecule has 0 N–H and O–H groups in total. The van der Waals surface area contributed by atoms with E-state index in [9.17, 15) is 4.79 Å². The van der Waals surface area contributed by atoms with Gasteiger partial charge in [-0.15, -0.1) is 10.2 Å². The number of ether oxygens (including phenoxy) is 4. The fraction of sp³-hybridized carbons (Fsp3) is 0.200. The molecule has 2 aromatic carbocycles. The zero-order valence-electron chi connectivity index (χ0n) is 19.9. The molecule has 0 fully saturated rings. The lowest BCUT2D eigenvalue weighted by atomic mass is 10.1. The van der Waals surface area contributed by atoms with E-state index < -0.39 is 0 Å². The summed E-state index contributed by atoms with van der Waals surface area (Å²) in [6.07, 6.45) is 1.66. The van der Waals surface area contributed by atoms with E-state index in [2.05, 4.69) is 15.3 Å². The molecule has 10 nitrogen and oxygen atoms in total. The quantitative estimate of drug-likeness (QED) is 0.370. The van der Waals surface area contributed by atoms with Crippen molar-refractivity contribution in [1.82, 2.24) is 24.4 Å². The van der Waals surface area contributed by atoms with Crippen LogP contribution in [0, 0.1) is 6.92 Å². The lowest BCUT2D eigenvalue weighted by molar-refractivity contribution is 0.324. The van der Waals surface area contributed by atoms with Crippen LogP contribution in [-0.4, -0.2) is 52.8 Å². The van der Waals surface area contributed by atoms with Gasteiger partial charge in [-0.3, -0.25) is 9.36 Å². The van der Waals surface area contributed by atoms with Gasteiger partial charge in [0.2, 0.25) is 5.75 Å². The molecule has 0 bridgehead atoms. The third-order valence-electron chi connectivity index (χ3n) is 5.86. The Kier molecular flexibility index (Phi) is 5.48. The molecule has 35 heavy (non-hydrogen) atoms. The van der Waals surface area contributed by atoms with Gasteiger partial charge in [-0.1, -0.05) is 12.1 Å². The number of benzene rings is 2. The number of fused-ring (bicyclic) bond motifs is 3. The number of hydrogen-bond acceptors (Lipinski definition) is 8. The fourth-order valence-corrected chi connectivity index (χ4v) is 4.16. The van der Waals surface area contributed by atoms with Crippen molar-refractivity contribution in [3.63, 3.8) is 0 Å². The normalized spacial score (nSPS) is 11.1. The van der Waals surface area contributed by atoms with Crippen LogP contribution in [-0.2, 0) is 0 Å². The van der Waals surface area contributed by atoms with Crippen LogP contribution in [0.1, 0.15) is 5.69 Å². The van der Waals surface area contributed by atoms with Crippen LogP contribution in [0.15, 0.2) is 53.5 Å². The Balaban J connectivity index is 1.69. The van der Waals surface area contributed by atoms with E-state index in [1.54, 1.807) is 36.0 Å². The van der Waals surface area contributed by atoms with E-state index in [4.69, 9.17) is 18.9 Å². The van der Waals surface area contributed by atoms with Crippen molar-refractivity contribution >= 4 is 16.7 Å². The molecule has 0 radical (unpaired) electrons. The summed E-state index contributed by atoms with van der Waals surface area (Å²) in [4.78, 5) is 13.5. The molecule has 5 rings (SSSR count). The minimum Gasteiger partial charge on any atom is -0.497 e. The Labute approximate surface area is 200 Å². The first-order chi connectivity index (χ1) is 17.0. The summed E-state index contributed by atoms with van der Waals surface area (Å²) in [5, 5.41) is 13.3. The highest BCUT2D eigenvalue weighted by Crippen LogP contribution is 2.39. The van der Waals surface area contributed by atoms with Crippen LogP contribution < -0.4 is 24.5 Å². The molecule has 0 unspecified atom stereocenters. The molecule has 0 amide bonds. The number of hydrogen-bond donors (Lipinski definition) is 0. The largest absolute Gasteiger partial charge is 0.497 e. The topological polar surface area (TPSA) is 102 Å². The van der Waals surface area contributed by atoms with Crippen molar-refractivity contribution in [3.8, 4) is 39.8 Å². The average Bonchev–Trinajstić information content (AvgIpc) is 3.24. The van der Waals surface area contributed by atoms with E-state index in [0.717, 1.165) is 22.6 Å². The first-order valence-corrected chi connectivity index (χ1v) is 10.7. The average molecular weight is 473 g/mol. The van der Waals surface area contributed by atoms with Gasteiger partial charge in [-0.2, -0.15) is 5.10 Å². The highest BCUT2D eigenvalue weighted by atomic mass is 16.5. The molecular formula is C25H23N5O5. The molecule has 10 heteroatoms. The van der Waals surface area contributed by atoms with Crippen molar-refractivity contribution in [1.29, 1.82) is 0 Å². The summed E-state index contributed by atoms with van der Waals surface area (Å²) in [5.41, 5.74) is 4.00. The summed E-state index contributed by atoms with van der Waals surface area (Å²) in [5.74, 6) is 2.06. The Hall–Kier alpha value is -4.60. The molecule has 0 atom stereocenters. The second-order valence-corrected chi connectivity index (χ2v) is 7.73. The van der Waals surface area contributed by atoms with Crippen molar-refractivity contribution in [3.05, 3.63) is 64.7 Å². The number of methoxy groups -OCH3 is 4. The van der Waals surface area contributed by atoms with Crippen molar-refractivity contribution in [2.45, 2.75) is 6.92 Å². The van der Waals surface area contributed by atoms with Crippen LogP contribution in [0.3, 0.4) is 0 Å². The number of nitrogens with zero attached hydrogens (tertiary/aromatic N) is 5. The molecule has 0 spiro atoms. The summed E-state index contributed by atoms with van der Waals surface area (Å²) >= 11 is 0. The number of aryl methyl sites for hydroxylation is 1. The third-order valence-corrected chi connectivity index (χ3v) is 5.86. The monoisotopic (exact) mass is 473 g/mol. The fourth-order valence-electron chi connectivity index (χ4n) is 4.16. The molecule has 0 saturated carbocycles. The second kappa shape index (κ2) is 8.64. The summed E-state index contributed by atoms with van der Waals surface area (Å²) in [6.45, 7) is 1.90. The summed E-state index contributed by atoms with van der Waals surface area (Å²) < 4.78 is 24.6. The zero-order valence-corrected chi connectivity index (χ0v) is 19.9. The maximum Gasteiger partial charge on any atom is 0.285 e. The standard InChI is InChI=1S/C25H23N5O5/c1-14-21(15-6-8-17(32-2)9-7-15)24-27-26-22-18(30(24)28-14)10-11-29(25(22)31)16-12-19(33-3)23(35-5)20(13-16)34-4/h6-13H,1-5H3. The van der Waals surface area contributed by atoms with Crippen LogP contribution in [0.4, 0.5) is 0 Å². The van der Waals surface area contributed by atoms with Crippen molar-refractivity contribution in [2.75, 3.05) is 28.4 Å². The zero-order chi connectivity index (χ0) is 24.7. The van der Waals surface area contributed by atoms with Crippen LogP contribution in [0.25, 0.3) is 33.5 Å². The summed E-state index contributed by atoms with van der Waals surface area (Å²) in [7, 11) is 6.19. The van der Waals surface area contributed by atoms with Crippen LogP contribution in [0.5, 0.6) is 23.0 Å². The van der Waals surface area contributed by atoms with Gasteiger partial charge >= 0.3 is 0 Å². The van der Waals surface area contributed by atoms with E-state index in [-0.39, 0.29) is 11.1 Å². The predicted molar refractivity (Wildman–Crippen MR) is 130 cm³/mol. The van der Waals surface area contributed by atoms with Crippen molar-refractivity contribution in [2.24, 2.45) is 0 Å². The van der Waals surface area contributed by atoms with E-state index in [1.165, 1.54) is 25.9 Å². The van der Waals surface area contributed by atoms with E-state index in [1.807, 2.05) is 31.2 Å². The Morgan fingerprint density at radius 1 is 0.829 bits per heavy atom. The molecular weight excluding hydrogens is 450 g/mol. The van der Waals surface area contributed by atoms with Gasteiger partial charge in [-0.25, -0.2) is 4.52 Å². The highest BCUT2D eigenvalue weighted by molar-refractivity contribution is 5.84. The smallest absolute Gasteiger partial charge is 0.285 e. The maximum atomic E-state index is 13.5. The highest BCUT2D eigenvalue weighted by Gasteiger charge is 2.19.